The van der Waals surface area contributed by atoms with E-state index in [0.29, 0.717) is 12.2 Å². The van der Waals surface area contributed by atoms with Crippen LogP contribution in [0.25, 0.3) is 0 Å². The summed E-state index contributed by atoms with van der Waals surface area (Å²) in [6.07, 6.45) is 4.08. The molecule has 0 bridgehead atoms. The van der Waals surface area contributed by atoms with Crippen LogP contribution in [0.4, 0.5) is 10.1 Å². The molecular formula is C15H20FNO2. The second-order valence-corrected chi connectivity index (χ2v) is 5.40. The molecule has 104 valence electrons. The van der Waals surface area contributed by atoms with Crippen molar-refractivity contribution in [1.82, 2.24) is 0 Å². The number of rotatable bonds is 6. The van der Waals surface area contributed by atoms with E-state index in [1.54, 1.807) is 12.1 Å². The fourth-order valence-corrected chi connectivity index (χ4v) is 2.74. The Hall–Kier alpha value is -1.42. The topological polar surface area (TPSA) is 49.3 Å². The molecule has 3 nitrogen and oxygen atoms in total. The number of aliphatic hydroxyl groups is 1. The van der Waals surface area contributed by atoms with E-state index >= 15 is 0 Å². The van der Waals surface area contributed by atoms with Crippen LogP contribution in [0, 0.1) is 11.2 Å². The Balaban J connectivity index is 2.11. The summed E-state index contributed by atoms with van der Waals surface area (Å²) < 4.78 is 13.7. The molecule has 1 aliphatic carbocycles. The number of ketones is 1. The molecule has 1 saturated carbocycles. The number of anilines is 1. The summed E-state index contributed by atoms with van der Waals surface area (Å²) in [6.45, 7) is 2.22. The number of Topliss-reactive ketones (excluding diaryl/α,β-unsaturated/α-hetero) is 1. The molecule has 0 amide bonds. The largest absolute Gasteiger partial charge is 0.396 e. The Morgan fingerprint density at radius 2 is 2.21 bits per heavy atom. The zero-order chi connectivity index (χ0) is 13.9. The van der Waals surface area contributed by atoms with Crippen molar-refractivity contribution in [1.29, 1.82) is 0 Å². The minimum atomic E-state index is -0.484. The molecule has 1 aromatic rings. The normalized spacial score (nSPS) is 16.8. The molecule has 0 aliphatic heterocycles. The molecule has 0 radical (unpaired) electrons. The van der Waals surface area contributed by atoms with E-state index in [-0.39, 0.29) is 23.4 Å². The molecule has 4 heteroatoms. The predicted octanol–water partition coefficient (Wildman–Crippen LogP) is 2.99. The maximum atomic E-state index is 13.7. The highest BCUT2D eigenvalue weighted by Crippen LogP contribution is 2.43. The van der Waals surface area contributed by atoms with Crippen LogP contribution in [-0.4, -0.2) is 24.0 Å². The number of halogens is 1. The van der Waals surface area contributed by atoms with E-state index in [1.165, 1.54) is 19.4 Å². The van der Waals surface area contributed by atoms with Gasteiger partial charge in [0.05, 0.1) is 5.56 Å². The maximum Gasteiger partial charge on any atom is 0.164 e. The summed E-state index contributed by atoms with van der Waals surface area (Å²) in [5, 5.41) is 12.3. The van der Waals surface area contributed by atoms with Gasteiger partial charge in [-0.15, -0.1) is 0 Å². The number of carbonyl (C=O) groups is 1. The van der Waals surface area contributed by atoms with Crippen LogP contribution in [0.2, 0.25) is 0 Å². The van der Waals surface area contributed by atoms with Crippen molar-refractivity contribution in [3.63, 3.8) is 0 Å². The lowest BCUT2D eigenvalue weighted by atomic mass is 9.66. The summed E-state index contributed by atoms with van der Waals surface area (Å²) in [5.74, 6) is -0.757. The van der Waals surface area contributed by atoms with Gasteiger partial charge in [-0.25, -0.2) is 4.39 Å². The molecule has 0 aromatic heterocycles. The van der Waals surface area contributed by atoms with E-state index < -0.39 is 5.82 Å². The van der Waals surface area contributed by atoms with Gasteiger partial charge < -0.3 is 10.4 Å². The van der Waals surface area contributed by atoms with Gasteiger partial charge in [0.1, 0.15) is 5.82 Å². The summed E-state index contributed by atoms with van der Waals surface area (Å²) in [4.78, 5) is 11.5. The van der Waals surface area contributed by atoms with Crippen molar-refractivity contribution in [2.45, 2.75) is 32.6 Å². The van der Waals surface area contributed by atoms with Gasteiger partial charge in [-0.2, -0.15) is 0 Å². The van der Waals surface area contributed by atoms with Gasteiger partial charge in [-0.1, -0.05) is 12.5 Å². The molecule has 1 aliphatic rings. The first kappa shape index (κ1) is 14.0. The lowest BCUT2D eigenvalue weighted by Crippen LogP contribution is -2.37. The molecule has 0 saturated heterocycles. The molecule has 1 aromatic carbocycles. The second kappa shape index (κ2) is 5.70. The smallest absolute Gasteiger partial charge is 0.164 e. The third kappa shape index (κ3) is 2.95. The highest BCUT2D eigenvalue weighted by molar-refractivity contribution is 5.99. The summed E-state index contributed by atoms with van der Waals surface area (Å²) in [6, 6.07) is 4.63. The van der Waals surface area contributed by atoms with Crippen LogP contribution >= 0.6 is 0 Å². The lowest BCUT2D eigenvalue weighted by Gasteiger charge is -2.42. The van der Waals surface area contributed by atoms with Crippen molar-refractivity contribution in [2.24, 2.45) is 5.41 Å². The van der Waals surface area contributed by atoms with Crippen LogP contribution in [0.1, 0.15) is 43.0 Å². The predicted molar refractivity (Wildman–Crippen MR) is 72.9 cm³/mol. The number of hydrogen-bond acceptors (Lipinski definition) is 3. The van der Waals surface area contributed by atoms with Crippen LogP contribution in [-0.2, 0) is 0 Å². The summed E-state index contributed by atoms with van der Waals surface area (Å²) >= 11 is 0. The minimum Gasteiger partial charge on any atom is -0.396 e. The minimum absolute atomic E-state index is 0.106. The maximum absolute atomic E-state index is 13.7. The first-order chi connectivity index (χ1) is 9.08. The van der Waals surface area contributed by atoms with Gasteiger partial charge in [0.15, 0.2) is 5.78 Å². The fraction of sp³-hybridized carbons (Fsp3) is 0.533. The van der Waals surface area contributed by atoms with Gasteiger partial charge in [0, 0.05) is 18.8 Å². The fourth-order valence-electron chi connectivity index (χ4n) is 2.74. The van der Waals surface area contributed by atoms with E-state index in [2.05, 4.69) is 5.32 Å². The molecule has 2 N–H and O–H groups in total. The molecule has 1 fully saturated rings. The number of aliphatic hydroxyl groups excluding tert-OH is 1. The Morgan fingerprint density at radius 1 is 1.47 bits per heavy atom. The van der Waals surface area contributed by atoms with E-state index in [0.717, 1.165) is 19.3 Å². The van der Waals surface area contributed by atoms with Crippen molar-refractivity contribution in [2.75, 3.05) is 18.5 Å². The van der Waals surface area contributed by atoms with Gasteiger partial charge in [0.25, 0.3) is 0 Å². The summed E-state index contributed by atoms with van der Waals surface area (Å²) in [7, 11) is 0. The Morgan fingerprint density at radius 3 is 2.74 bits per heavy atom. The Bertz CT molecular complexity index is 469. The van der Waals surface area contributed by atoms with Crippen LogP contribution in [0.3, 0.4) is 0 Å². The first-order valence-electron chi connectivity index (χ1n) is 6.72. The van der Waals surface area contributed by atoms with E-state index in [9.17, 15) is 9.18 Å². The number of nitrogens with one attached hydrogen (secondary N) is 1. The molecule has 19 heavy (non-hydrogen) atoms. The molecule has 0 unspecified atom stereocenters. The molecule has 0 heterocycles. The van der Waals surface area contributed by atoms with Crippen molar-refractivity contribution in [3.05, 3.63) is 29.6 Å². The monoisotopic (exact) mass is 265 g/mol. The van der Waals surface area contributed by atoms with Crippen molar-refractivity contribution in [3.8, 4) is 0 Å². The number of benzene rings is 1. The zero-order valence-electron chi connectivity index (χ0n) is 11.2. The zero-order valence-corrected chi connectivity index (χ0v) is 11.2. The quantitative estimate of drug-likeness (QED) is 0.777. The van der Waals surface area contributed by atoms with Gasteiger partial charge in [-0.3, -0.25) is 4.79 Å². The SMILES string of the molecule is CC(=O)c1c(F)cccc1NCC1(CCO)CCC1. The molecule has 0 spiro atoms. The highest BCUT2D eigenvalue weighted by atomic mass is 19.1. The average molecular weight is 265 g/mol. The van der Waals surface area contributed by atoms with Crippen LogP contribution in [0.5, 0.6) is 0 Å². The number of hydrogen-bond donors (Lipinski definition) is 2. The molecule has 2 rings (SSSR count). The summed E-state index contributed by atoms with van der Waals surface area (Å²) in [5.41, 5.74) is 0.785. The Kier molecular flexibility index (Phi) is 4.20. The van der Waals surface area contributed by atoms with Crippen LogP contribution in [0.15, 0.2) is 18.2 Å². The highest BCUT2D eigenvalue weighted by Gasteiger charge is 2.36. The van der Waals surface area contributed by atoms with Gasteiger partial charge in [0.2, 0.25) is 0 Å². The van der Waals surface area contributed by atoms with Gasteiger partial charge >= 0.3 is 0 Å². The lowest BCUT2D eigenvalue weighted by molar-refractivity contribution is 0.0997. The first-order valence-corrected chi connectivity index (χ1v) is 6.72. The van der Waals surface area contributed by atoms with Gasteiger partial charge in [-0.05, 0) is 43.7 Å². The molecule has 0 atom stereocenters. The van der Waals surface area contributed by atoms with E-state index in [4.69, 9.17) is 5.11 Å². The van der Waals surface area contributed by atoms with Crippen molar-refractivity contribution >= 4 is 11.5 Å². The molecular weight excluding hydrogens is 245 g/mol. The number of carbonyl (C=O) groups excluding carboxylic acids is 1. The third-order valence-electron chi connectivity index (χ3n) is 4.08. The van der Waals surface area contributed by atoms with Crippen molar-refractivity contribution < 1.29 is 14.3 Å². The third-order valence-corrected chi connectivity index (χ3v) is 4.08. The standard InChI is InChI=1S/C15H20FNO2/c1-11(19)14-12(16)4-2-5-13(14)17-10-15(8-9-18)6-3-7-15/h2,4-5,17-18H,3,6-10H2,1H3. The second-order valence-electron chi connectivity index (χ2n) is 5.40. The van der Waals surface area contributed by atoms with Crippen LogP contribution < -0.4 is 5.32 Å². The average Bonchev–Trinajstić information content (AvgIpc) is 2.32. The van der Waals surface area contributed by atoms with E-state index in [1.807, 2.05) is 0 Å². The Labute approximate surface area is 112 Å².